The topological polar surface area (TPSA) is 90.0 Å². The zero-order chi connectivity index (χ0) is 22.8. The zero-order valence-corrected chi connectivity index (χ0v) is 17.6. The molecule has 0 fully saturated rings. The Morgan fingerprint density at radius 3 is 2.12 bits per heavy atom. The zero-order valence-electron chi connectivity index (χ0n) is 16.8. The Hall–Kier alpha value is -3.97. The molecule has 0 N–H and O–H groups in total. The molecule has 0 radical (unpaired) electrons. The molecule has 4 rings (SSSR count). The number of fused-ring (bicyclic) bond motifs is 1. The molecule has 0 atom stereocenters. The number of methoxy groups -OCH3 is 1. The van der Waals surface area contributed by atoms with Gasteiger partial charge in [0, 0.05) is 10.6 Å². The lowest BCUT2D eigenvalue weighted by Crippen LogP contribution is -2.29. The van der Waals surface area contributed by atoms with Crippen molar-refractivity contribution in [2.24, 2.45) is 0 Å². The summed E-state index contributed by atoms with van der Waals surface area (Å²) in [7, 11) is 1.52. The molecule has 1 aliphatic rings. The second-order valence-corrected chi connectivity index (χ2v) is 7.35. The van der Waals surface area contributed by atoms with Crippen molar-refractivity contribution in [2.75, 3.05) is 18.6 Å². The van der Waals surface area contributed by atoms with Crippen molar-refractivity contribution in [1.29, 1.82) is 0 Å². The number of carbonyl (C=O) groups is 4. The van der Waals surface area contributed by atoms with Gasteiger partial charge in [0.25, 0.3) is 11.8 Å². The maximum Gasteiger partial charge on any atom is 0.338 e. The molecule has 3 aromatic carbocycles. The fraction of sp³-hybridized carbons (Fsp3) is 0.0833. The highest BCUT2D eigenvalue weighted by Crippen LogP contribution is 2.30. The van der Waals surface area contributed by atoms with E-state index >= 15 is 0 Å². The summed E-state index contributed by atoms with van der Waals surface area (Å²) < 4.78 is 10.1. The maximum absolute atomic E-state index is 12.8. The molecule has 1 heterocycles. The smallest absolute Gasteiger partial charge is 0.338 e. The van der Waals surface area contributed by atoms with E-state index in [2.05, 4.69) is 0 Å². The lowest BCUT2D eigenvalue weighted by molar-refractivity contribution is 0.0474. The third-order valence-corrected chi connectivity index (χ3v) is 5.21. The number of rotatable bonds is 6. The minimum absolute atomic E-state index is 0.0605. The van der Waals surface area contributed by atoms with Crippen LogP contribution in [0.25, 0.3) is 0 Å². The van der Waals surface area contributed by atoms with Crippen LogP contribution < -0.4 is 9.64 Å². The van der Waals surface area contributed by atoms with E-state index in [0.717, 1.165) is 4.90 Å². The van der Waals surface area contributed by atoms with Gasteiger partial charge in [-0.15, -0.1) is 0 Å². The normalized spacial score (nSPS) is 12.5. The molecule has 0 aliphatic carbocycles. The van der Waals surface area contributed by atoms with Crippen molar-refractivity contribution < 1.29 is 28.7 Å². The summed E-state index contributed by atoms with van der Waals surface area (Å²) in [6, 6.07) is 16.7. The predicted molar refractivity (Wildman–Crippen MR) is 117 cm³/mol. The van der Waals surface area contributed by atoms with Gasteiger partial charge in [-0.3, -0.25) is 14.4 Å². The third-order valence-electron chi connectivity index (χ3n) is 4.95. The van der Waals surface area contributed by atoms with Crippen LogP contribution in [0.4, 0.5) is 5.69 Å². The second kappa shape index (κ2) is 8.64. The molecule has 0 bridgehead atoms. The molecule has 0 unspecified atom stereocenters. The number of amides is 2. The molecular formula is C24H16ClNO6. The van der Waals surface area contributed by atoms with Gasteiger partial charge >= 0.3 is 5.97 Å². The summed E-state index contributed by atoms with van der Waals surface area (Å²) in [6.45, 7) is -0.466. The summed E-state index contributed by atoms with van der Waals surface area (Å²) in [5.74, 6) is -1.62. The van der Waals surface area contributed by atoms with Gasteiger partial charge in [-0.2, -0.15) is 0 Å². The summed E-state index contributed by atoms with van der Waals surface area (Å²) in [6.07, 6.45) is 0. The van der Waals surface area contributed by atoms with Gasteiger partial charge in [-0.05, 0) is 66.7 Å². The minimum atomic E-state index is -0.778. The first kappa shape index (κ1) is 21.3. The van der Waals surface area contributed by atoms with Crippen LogP contribution in [0, 0.1) is 0 Å². The molecule has 7 nitrogen and oxygen atoms in total. The standard InChI is InChI=1S/C24H16ClNO6/c1-31-18-9-2-14(3-10-18)21(27)13-32-24(30)15-4-11-19-20(12-15)23(29)26(22(19)28)17-7-5-16(25)6-8-17/h2-12H,13H2,1H3. The van der Waals surface area contributed by atoms with Crippen LogP contribution in [-0.4, -0.2) is 37.3 Å². The highest BCUT2D eigenvalue weighted by Gasteiger charge is 2.37. The number of anilines is 1. The Labute approximate surface area is 188 Å². The molecule has 3 aromatic rings. The highest BCUT2D eigenvalue weighted by atomic mass is 35.5. The van der Waals surface area contributed by atoms with Gasteiger partial charge in [0.15, 0.2) is 12.4 Å². The number of benzene rings is 3. The number of carbonyl (C=O) groups excluding carboxylic acids is 4. The molecule has 0 spiro atoms. The third kappa shape index (κ3) is 3.98. The summed E-state index contributed by atoms with van der Waals surface area (Å²) in [4.78, 5) is 51.2. The van der Waals surface area contributed by atoms with Crippen molar-refractivity contribution in [2.45, 2.75) is 0 Å². The fourth-order valence-electron chi connectivity index (χ4n) is 3.27. The van der Waals surface area contributed by atoms with E-state index in [1.165, 1.54) is 25.3 Å². The second-order valence-electron chi connectivity index (χ2n) is 6.91. The van der Waals surface area contributed by atoms with Crippen LogP contribution in [0.3, 0.4) is 0 Å². The van der Waals surface area contributed by atoms with Crippen LogP contribution in [0.2, 0.25) is 5.02 Å². The number of hydrogen-bond acceptors (Lipinski definition) is 6. The van der Waals surface area contributed by atoms with Gasteiger partial charge in [-0.25, -0.2) is 9.69 Å². The van der Waals surface area contributed by atoms with Crippen molar-refractivity contribution in [3.8, 4) is 5.75 Å². The van der Waals surface area contributed by atoms with Gasteiger partial charge in [0.05, 0.1) is 29.5 Å². The van der Waals surface area contributed by atoms with E-state index in [-0.39, 0.29) is 22.5 Å². The number of imide groups is 1. The van der Waals surface area contributed by atoms with E-state index in [4.69, 9.17) is 21.1 Å². The lowest BCUT2D eigenvalue weighted by Gasteiger charge is -2.13. The molecule has 32 heavy (non-hydrogen) atoms. The van der Waals surface area contributed by atoms with Gasteiger partial charge in [-0.1, -0.05) is 11.6 Å². The van der Waals surface area contributed by atoms with E-state index in [9.17, 15) is 19.2 Å². The average Bonchev–Trinajstić information content (AvgIpc) is 3.07. The molecule has 0 saturated carbocycles. The number of esters is 1. The first-order valence-corrected chi connectivity index (χ1v) is 9.89. The Morgan fingerprint density at radius 1 is 0.844 bits per heavy atom. The molecular weight excluding hydrogens is 434 g/mol. The molecule has 1 aliphatic heterocycles. The van der Waals surface area contributed by atoms with Crippen molar-refractivity contribution >= 4 is 40.9 Å². The number of Topliss-reactive ketones (excluding diaryl/α,β-unsaturated/α-hetero) is 1. The number of ether oxygens (including phenoxy) is 2. The Kier molecular flexibility index (Phi) is 5.75. The van der Waals surface area contributed by atoms with Crippen LogP contribution in [0.5, 0.6) is 5.75 Å². The SMILES string of the molecule is COc1ccc(C(=O)COC(=O)c2ccc3c(c2)C(=O)N(c2ccc(Cl)cc2)C3=O)cc1. The molecule has 2 amide bonds. The maximum atomic E-state index is 12.8. The number of ketones is 1. The summed E-state index contributed by atoms with van der Waals surface area (Å²) >= 11 is 5.87. The molecule has 0 saturated heterocycles. The first-order chi connectivity index (χ1) is 15.4. The van der Waals surface area contributed by atoms with E-state index in [1.54, 1.807) is 48.5 Å². The monoisotopic (exact) mass is 449 g/mol. The van der Waals surface area contributed by atoms with Gasteiger partial charge in [0.1, 0.15) is 5.75 Å². The van der Waals surface area contributed by atoms with E-state index in [1.807, 2.05) is 0 Å². The first-order valence-electron chi connectivity index (χ1n) is 9.52. The van der Waals surface area contributed by atoms with Crippen LogP contribution in [-0.2, 0) is 4.74 Å². The van der Waals surface area contributed by atoms with Gasteiger partial charge in [0.2, 0.25) is 0 Å². The quantitative estimate of drug-likeness (QED) is 0.318. The summed E-state index contributed by atoms with van der Waals surface area (Å²) in [5.41, 5.74) is 1.06. The minimum Gasteiger partial charge on any atom is -0.497 e. The predicted octanol–water partition coefficient (Wildman–Crippen LogP) is 4.19. The summed E-state index contributed by atoms with van der Waals surface area (Å²) in [5, 5.41) is 0.472. The Bertz CT molecular complexity index is 1230. The Morgan fingerprint density at radius 2 is 1.47 bits per heavy atom. The largest absolute Gasteiger partial charge is 0.497 e. The fourth-order valence-corrected chi connectivity index (χ4v) is 3.39. The lowest BCUT2D eigenvalue weighted by atomic mass is 10.1. The molecule has 8 heteroatoms. The van der Waals surface area contributed by atoms with E-state index in [0.29, 0.717) is 22.0 Å². The highest BCUT2D eigenvalue weighted by molar-refractivity contribution is 6.35. The number of hydrogen-bond donors (Lipinski definition) is 0. The number of nitrogens with zero attached hydrogens (tertiary/aromatic N) is 1. The van der Waals surface area contributed by atoms with Crippen LogP contribution >= 0.6 is 11.6 Å². The van der Waals surface area contributed by atoms with Crippen LogP contribution in [0.15, 0.2) is 66.7 Å². The van der Waals surface area contributed by atoms with Crippen molar-refractivity contribution in [1.82, 2.24) is 0 Å². The average molecular weight is 450 g/mol. The van der Waals surface area contributed by atoms with Crippen LogP contribution in [0.1, 0.15) is 41.4 Å². The van der Waals surface area contributed by atoms with E-state index < -0.39 is 24.4 Å². The number of halogens is 1. The van der Waals surface area contributed by atoms with Crippen molar-refractivity contribution in [3.05, 3.63) is 94.0 Å². The Balaban J connectivity index is 1.48. The van der Waals surface area contributed by atoms with Gasteiger partial charge < -0.3 is 9.47 Å². The molecule has 0 aromatic heterocycles. The van der Waals surface area contributed by atoms with Crippen molar-refractivity contribution in [3.63, 3.8) is 0 Å². The molecule has 160 valence electrons.